The van der Waals surface area contributed by atoms with Crippen LogP contribution in [-0.2, 0) is 14.9 Å². The Balaban J connectivity index is 1.31. The fourth-order valence-electron chi connectivity index (χ4n) is 4.21. The average molecular weight is 506 g/mol. The SMILES string of the molecule is COCCN1C(=O)C(C)(C)c2cc(Nc3ncc(F)c(Oc4ccc(C(=O)NC5CC5)cc4)n3)ccc21. The number of rotatable bonds is 9. The van der Waals surface area contributed by atoms with Gasteiger partial charge in [0, 0.05) is 36.6 Å². The minimum Gasteiger partial charge on any atom is -0.436 e. The van der Waals surface area contributed by atoms with Gasteiger partial charge in [-0.05, 0) is 74.7 Å². The standard InChI is InChI=1S/C27H28FN5O4/c1-27(2)20-14-18(8-11-22(20)33(25(27)35)12-13-36-3)31-26-29-15-21(28)24(32-26)37-19-9-4-16(5-10-19)23(34)30-17-6-7-17/h4-5,8-11,14-15,17H,6-7,12-13H2,1-3H3,(H,30,34)(H,29,31,32). The number of anilines is 3. The van der Waals surface area contributed by atoms with E-state index in [-0.39, 0.29) is 29.7 Å². The van der Waals surface area contributed by atoms with Crippen molar-refractivity contribution in [1.82, 2.24) is 15.3 Å². The Labute approximate surface area is 214 Å². The van der Waals surface area contributed by atoms with Gasteiger partial charge in [-0.1, -0.05) is 0 Å². The first-order chi connectivity index (χ1) is 17.8. The molecule has 192 valence electrons. The van der Waals surface area contributed by atoms with Crippen molar-refractivity contribution in [3.8, 4) is 11.6 Å². The Hall–Kier alpha value is -4.05. The van der Waals surface area contributed by atoms with Crippen molar-refractivity contribution in [2.45, 2.75) is 38.1 Å². The minimum absolute atomic E-state index is 0.00135. The van der Waals surface area contributed by atoms with E-state index in [0.29, 0.717) is 30.2 Å². The second-order valence-corrected chi connectivity index (χ2v) is 9.65. The lowest BCUT2D eigenvalue weighted by Gasteiger charge is -2.19. The molecule has 2 heterocycles. The van der Waals surface area contributed by atoms with E-state index < -0.39 is 11.2 Å². The van der Waals surface area contributed by atoms with Crippen LogP contribution in [0.25, 0.3) is 0 Å². The molecule has 5 rings (SSSR count). The van der Waals surface area contributed by atoms with Gasteiger partial charge in [0.25, 0.3) is 11.8 Å². The molecule has 2 aliphatic rings. The highest BCUT2D eigenvalue weighted by Crippen LogP contribution is 2.43. The quantitative estimate of drug-likeness (QED) is 0.446. The van der Waals surface area contributed by atoms with Gasteiger partial charge >= 0.3 is 0 Å². The molecule has 2 aromatic carbocycles. The maximum absolute atomic E-state index is 14.4. The van der Waals surface area contributed by atoms with Crippen molar-refractivity contribution in [2.75, 3.05) is 30.5 Å². The molecule has 0 spiro atoms. The number of hydrogen-bond donors (Lipinski definition) is 2. The fraction of sp³-hybridized carbons (Fsp3) is 0.333. The lowest BCUT2D eigenvalue weighted by atomic mass is 9.86. The molecule has 0 radical (unpaired) electrons. The highest BCUT2D eigenvalue weighted by molar-refractivity contribution is 6.08. The zero-order chi connectivity index (χ0) is 26.2. The van der Waals surface area contributed by atoms with Crippen LogP contribution in [0, 0.1) is 5.82 Å². The van der Waals surface area contributed by atoms with Gasteiger partial charge in [0.15, 0.2) is 0 Å². The number of halogens is 1. The van der Waals surface area contributed by atoms with Crippen LogP contribution in [0.1, 0.15) is 42.6 Å². The van der Waals surface area contributed by atoms with E-state index in [1.165, 1.54) is 0 Å². The highest BCUT2D eigenvalue weighted by Gasteiger charge is 2.43. The predicted octanol–water partition coefficient (Wildman–Crippen LogP) is 4.31. The molecule has 3 aromatic rings. The molecule has 0 saturated heterocycles. The van der Waals surface area contributed by atoms with Gasteiger partial charge in [-0.2, -0.15) is 9.37 Å². The van der Waals surface area contributed by atoms with E-state index in [0.717, 1.165) is 30.3 Å². The maximum Gasteiger partial charge on any atom is 0.260 e. The second-order valence-electron chi connectivity index (χ2n) is 9.65. The van der Waals surface area contributed by atoms with Crippen molar-refractivity contribution < 1.29 is 23.5 Å². The molecule has 37 heavy (non-hydrogen) atoms. The average Bonchev–Trinajstić information content (AvgIpc) is 3.68. The summed E-state index contributed by atoms with van der Waals surface area (Å²) >= 11 is 0. The third-order valence-corrected chi connectivity index (χ3v) is 6.47. The summed E-state index contributed by atoms with van der Waals surface area (Å²) in [4.78, 5) is 35.1. The molecule has 0 bridgehead atoms. The van der Waals surface area contributed by atoms with Crippen LogP contribution in [0.5, 0.6) is 11.6 Å². The number of carbonyl (C=O) groups excluding carboxylic acids is 2. The fourth-order valence-corrected chi connectivity index (χ4v) is 4.21. The molecular weight excluding hydrogens is 477 g/mol. The Morgan fingerprint density at radius 2 is 1.95 bits per heavy atom. The molecule has 2 N–H and O–H groups in total. The van der Waals surface area contributed by atoms with Crippen LogP contribution in [0.15, 0.2) is 48.7 Å². The van der Waals surface area contributed by atoms with E-state index in [1.54, 1.807) is 36.3 Å². The van der Waals surface area contributed by atoms with Crippen molar-refractivity contribution >= 4 is 29.1 Å². The van der Waals surface area contributed by atoms with Crippen molar-refractivity contribution in [3.63, 3.8) is 0 Å². The summed E-state index contributed by atoms with van der Waals surface area (Å²) < 4.78 is 25.2. The second kappa shape index (κ2) is 9.78. The van der Waals surface area contributed by atoms with Crippen LogP contribution in [0.3, 0.4) is 0 Å². The topological polar surface area (TPSA) is 106 Å². The third-order valence-electron chi connectivity index (χ3n) is 6.47. The molecule has 1 saturated carbocycles. The number of hydrogen-bond acceptors (Lipinski definition) is 7. The van der Waals surface area contributed by atoms with E-state index >= 15 is 0 Å². The van der Waals surface area contributed by atoms with Gasteiger partial charge in [-0.3, -0.25) is 9.59 Å². The molecule has 10 heteroatoms. The Kier molecular flexibility index (Phi) is 6.51. The number of amides is 2. The van der Waals surface area contributed by atoms with Gasteiger partial charge in [0.2, 0.25) is 17.7 Å². The number of nitrogens with zero attached hydrogens (tertiary/aromatic N) is 3. The van der Waals surface area contributed by atoms with Crippen LogP contribution in [0.2, 0.25) is 0 Å². The maximum atomic E-state index is 14.4. The summed E-state index contributed by atoms with van der Waals surface area (Å²) in [5.74, 6) is -0.655. The number of nitrogens with one attached hydrogen (secondary N) is 2. The Bertz CT molecular complexity index is 1340. The van der Waals surface area contributed by atoms with E-state index in [4.69, 9.17) is 9.47 Å². The molecule has 1 aromatic heterocycles. The third kappa shape index (κ3) is 5.10. The summed E-state index contributed by atoms with van der Waals surface area (Å²) in [6, 6.07) is 12.2. The van der Waals surface area contributed by atoms with Crippen molar-refractivity contribution in [1.29, 1.82) is 0 Å². The zero-order valence-corrected chi connectivity index (χ0v) is 20.9. The predicted molar refractivity (Wildman–Crippen MR) is 136 cm³/mol. The molecule has 1 aliphatic heterocycles. The summed E-state index contributed by atoms with van der Waals surface area (Å²) in [6.45, 7) is 4.66. The number of aromatic nitrogens is 2. The molecule has 9 nitrogen and oxygen atoms in total. The largest absolute Gasteiger partial charge is 0.436 e. The first kappa shape index (κ1) is 24.6. The number of ether oxygens (including phenoxy) is 2. The van der Waals surface area contributed by atoms with Gasteiger partial charge in [-0.25, -0.2) is 4.98 Å². The van der Waals surface area contributed by atoms with E-state index in [2.05, 4.69) is 20.6 Å². The molecule has 0 atom stereocenters. The van der Waals surface area contributed by atoms with E-state index in [1.807, 2.05) is 32.0 Å². The first-order valence-corrected chi connectivity index (χ1v) is 12.1. The molecule has 2 amide bonds. The normalized spacial score (nSPS) is 15.9. The molecular formula is C27H28FN5O4. The lowest BCUT2D eigenvalue weighted by Crippen LogP contribution is -2.37. The van der Waals surface area contributed by atoms with Gasteiger partial charge in [0.05, 0.1) is 18.2 Å². The number of methoxy groups -OCH3 is 1. The summed E-state index contributed by atoms with van der Waals surface area (Å²) in [6.07, 6.45) is 3.03. The van der Waals surface area contributed by atoms with Crippen LogP contribution >= 0.6 is 0 Å². The van der Waals surface area contributed by atoms with Crippen LogP contribution in [-0.4, -0.2) is 48.1 Å². The van der Waals surface area contributed by atoms with Crippen molar-refractivity contribution in [2.24, 2.45) is 0 Å². The summed E-state index contributed by atoms with van der Waals surface area (Å²) in [7, 11) is 1.60. The van der Waals surface area contributed by atoms with Crippen LogP contribution < -0.4 is 20.3 Å². The lowest BCUT2D eigenvalue weighted by molar-refractivity contribution is -0.122. The van der Waals surface area contributed by atoms with Crippen molar-refractivity contribution in [3.05, 3.63) is 65.6 Å². The minimum atomic E-state index is -0.726. The van der Waals surface area contributed by atoms with Gasteiger partial charge in [0.1, 0.15) is 5.75 Å². The summed E-state index contributed by atoms with van der Waals surface area (Å²) in [5.41, 5.74) is 2.14. The molecule has 1 aliphatic carbocycles. The highest BCUT2D eigenvalue weighted by atomic mass is 19.1. The number of carbonyl (C=O) groups is 2. The zero-order valence-electron chi connectivity index (χ0n) is 20.9. The first-order valence-electron chi connectivity index (χ1n) is 12.1. The Morgan fingerprint density at radius 1 is 1.19 bits per heavy atom. The number of benzene rings is 2. The van der Waals surface area contributed by atoms with Crippen LogP contribution in [0.4, 0.5) is 21.7 Å². The van der Waals surface area contributed by atoms with Gasteiger partial charge < -0.3 is 25.0 Å². The number of fused-ring (bicyclic) bond motifs is 1. The smallest absolute Gasteiger partial charge is 0.260 e. The summed E-state index contributed by atoms with van der Waals surface area (Å²) in [5, 5.41) is 5.99. The Morgan fingerprint density at radius 3 is 2.65 bits per heavy atom. The van der Waals surface area contributed by atoms with Gasteiger partial charge in [-0.15, -0.1) is 0 Å². The molecule has 1 fully saturated rings. The molecule has 0 unspecified atom stereocenters. The monoisotopic (exact) mass is 505 g/mol. The van der Waals surface area contributed by atoms with E-state index in [9.17, 15) is 14.0 Å².